The number of rotatable bonds is 5. The maximum absolute atomic E-state index is 4.71. The summed E-state index contributed by atoms with van der Waals surface area (Å²) < 4.78 is 2.37. The Morgan fingerprint density at radius 3 is 2.57 bits per heavy atom. The molecule has 0 atom stereocenters. The fourth-order valence-corrected chi connectivity index (χ4v) is 3.82. The van der Waals surface area contributed by atoms with Gasteiger partial charge in [-0.05, 0) is 58.2 Å². The van der Waals surface area contributed by atoms with Crippen LogP contribution >= 0.6 is 0 Å². The summed E-state index contributed by atoms with van der Waals surface area (Å²) in [6.07, 6.45) is 10.2. The predicted octanol–water partition coefficient (Wildman–Crippen LogP) is 3.28. The van der Waals surface area contributed by atoms with E-state index in [0.717, 1.165) is 24.1 Å². The molecular formula is C17H30N4. The first kappa shape index (κ1) is 14.9. The van der Waals surface area contributed by atoms with E-state index in [9.17, 15) is 0 Å². The highest BCUT2D eigenvalue weighted by Gasteiger charge is 2.21. The Balaban J connectivity index is 1.59. The Bertz CT molecular complexity index is 440. The molecule has 1 N–H and O–H groups in total. The van der Waals surface area contributed by atoms with Gasteiger partial charge in [0.25, 0.3) is 0 Å². The first-order valence-corrected chi connectivity index (χ1v) is 8.77. The van der Waals surface area contributed by atoms with Crippen LogP contribution < -0.4 is 5.32 Å². The number of aromatic nitrogens is 2. The first-order chi connectivity index (χ1) is 10.2. The lowest BCUT2D eigenvalue weighted by atomic mass is 9.97. The van der Waals surface area contributed by atoms with Gasteiger partial charge < -0.3 is 14.8 Å². The molecular weight excluding hydrogens is 260 g/mol. The molecule has 0 bridgehead atoms. The Kier molecular flexibility index (Phi) is 4.84. The fourth-order valence-electron chi connectivity index (χ4n) is 3.82. The van der Waals surface area contributed by atoms with Crippen LogP contribution in [-0.2, 0) is 6.54 Å². The van der Waals surface area contributed by atoms with Gasteiger partial charge in [0.1, 0.15) is 0 Å². The van der Waals surface area contributed by atoms with E-state index >= 15 is 0 Å². The fraction of sp³-hybridized carbons (Fsp3) is 0.824. The molecule has 3 rings (SSSR count). The smallest absolute Gasteiger partial charge is 0.203 e. The summed E-state index contributed by atoms with van der Waals surface area (Å²) in [7, 11) is 0. The third-order valence-corrected chi connectivity index (χ3v) is 5.19. The van der Waals surface area contributed by atoms with Gasteiger partial charge in [-0.3, -0.25) is 0 Å². The molecule has 1 saturated heterocycles. The number of piperidine rings is 1. The monoisotopic (exact) mass is 290 g/mol. The highest BCUT2D eigenvalue weighted by molar-refractivity contribution is 5.30. The molecule has 2 aliphatic rings. The van der Waals surface area contributed by atoms with Gasteiger partial charge in [0.15, 0.2) is 0 Å². The van der Waals surface area contributed by atoms with Crippen LogP contribution in [0.4, 0.5) is 5.95 Å². The lowest BCUT2D eigenvalue weighted by Crippen LogP contribution is -2.34. The molecule has 1 aliphatic heterocycles. The van der Waals surface area contributed by atoms with Crippen molar-refractivity contribution in [3.63, 3.8) is 0 Å². The number of anilines is 1. The number of hydrogen-bond donors (Lipinski definition) is 1. The summed E-state index contributed by atoms with van der Waals surface area (Å²) >= 11 is 0. The van der Waals surface area contributed by atoms with Crippen molar-refractivity contribution >= 4 is 5.95 Å². The Labute approximate surface area is 128 Å². The highest BCUT2D eigenvalue weighted by Crippen LogP contribution is 2.24. The number of nitrogens with zero attached hydrogens (tertiary/aromatic N) is 3. The highest BCUT2D eigenvalue weighted by atomic mass is 15.2. The van der Waals surface area contributed by atoms with Crippen molar-refractivity contribution in [1.29, 1.82) is 0 Å². The van der Waals surface area contributed by atoms with Gasteiger partial charge in [-0.25, -0.2) is 4.98 Å². The largest absolute Gasteiger partial charge is 0.353 e. The number of aryl methyl sites for hydroxylation is 1. The van der Waals surface area contributed by atoms with E-state index in [1.807, 2.05) is 0 Å². The van der Waals surface area contributed by atoms with E-state index < -0.39 is 0 Å². The summed E-state index contributed by atoms with van der Waals surface area (Å²) in [5.41, 5.74) is 1.14. The maximum Gasteiger partial charge on any atom is 0.203 e. The molecule has 2 heterocycles. The average Bonchev–Trinajstić information content (AvgIpc) is 3.11. The summed E-state index contributed by atoms with van der Waals surface area (Å²) in [6.45, 7) is 9.23. The summed E-state index contributed by atoms with van der Waals surface area (Å²) in [6, 6.07) is 0.646. The molecule has 4 nitrogen and oxygen atoms in total. The second kappa shape index (κ2) is 6.82. The van der Waals surface area contributed by atoms with Crippen LogP contribution in [0.3, 0.4) is 0 Å². The van der Waals surface area contributed by atoms with Crippen LogP contribution in [0.25, 0.3) is 0 Å². The third kappa shape index (κ3) is 3.79. The van der Waals surface area contributed by atoms with Crippen molar-refractivity contribution in [3.05, 3.63) is 11.9 Å². The number of nitrogens with one attached hydrogen (secondary N) is 1. The zero-order chi connectivity index (χ0) is 14.7. The summed E-state index contributed by atoms with van der Waals surface area (Å²) in [4.78, 5) is 7.28. The van der Waals surface area contributed by atoms with Crippen molar-refractivity contribution in [2.45, 2.75) is 65.0 Å². The van der Waals surface area contributed by atoms with E-state index in [1.54, 1.807) is 0 Å². The van der Waals surface area contributed by atoms with Gasteiger partial charge in [-0.15, -0.1) is 0 Å². The molecule has 0 amide bonds. The van der Waals surface area contributed by atoms with Gasteiger partial charge in [0, 0.05) is 18.8 Å². The lowest BCUT2D eigenvalue weighted by molar-refractivity contribution is 0.181. The van der Waals surface area contributed by atoms with Crippen molar-refractivity contribution in [2.75, 3.05) is 25.0 Å². The molecule has 0 aromatic carbocycles. The molecule has 0 radical (unpaired) electrons. The molecule has 2 fully saturated rings. The third-order valence-electron chi connectivity index (χ3n) is 5.19. The SMILES string of the molecule is CCN1CCC(Cn2cc(C)nc2NC2CCCC2)CC1. The van der Waals surface area contributed by atoms with Crippen LogP contribution in [0.2, 0.25) is 0 Å². The molecule has 1 aromatic rings. The second-order valence-electron chi connectivity index (χ2n) is 6.86. The molecule has 118 valence electrons. The standard InChI is InChI=1S/C17H30N4/c1-3-20-10-8-15(9-11-20)13-21-12-14(2)18-17(21)19-16-6-4-5-7-16/h12,15-16H,3-11,13H2,1-2H3,(H,18,19). The zero-order valence-electron chi connectivity index (χ0n) is 13.6. The van der Waals surface area contributed by atoms with Crippen LogP contribution in [0, 0.1) is 12.8 Å². The van der Waals surface area contributed by atoms with Crippen molar-refractivity contribution in [2.24, 2.45) is 5.92 Å². The quantitative estimate of drug-likeness (QED) is 0.903. The molecule has 4 heteroatoms. The molecule has 1 saturated carbocycles. The van der Waals surface area contributed by atoms with E-state index in [2.05, 4.69) is 34.8 Å². The van der Waals surface area contributed by atoms with Crippen LogP contribution in [0.1, 0.15) is 51.1 Å². The van der Waals surface area contributed by atoms with Gasteiger partial charge in [-0.2, -0.15) is 0 Å². The zero-order valence-corrected chi connectivity index (χ0v) is 13.6. The number of likely N-dealkylation sites (tertiary alicyclic amines) is 1. The minimum atomic E-state index is 0.646. The van der Waals surface area contributed by atoms with Gasteiger partial charge in [0.05, 0.1) is 5.69 Å². The van der Waals surface area contributed by atoms with E-state index in [4.69, 9.17) is 4.98 Å². The Morgan fingerprint density at radius 1 is 1.19 bits per heavy atom. The van der Waals surface area contributed by atoms with Crippen LogP contribution in [0.5, 0.6) is 0 Å². The second-order valence-corrected chi connectivity index (χ2v) is 6.86. The van der Waals surface area contributed by atoms with Gasteiger partial charge >= 0.3 is 0 Å². The van der Waals surface area contributed by atoms with Crippen molar-refractivity contribution < 1.29 is 0 Å². The molecule has 1 aliphatic carbocycles. The molecule has 21 heavy (non-hydrogen) atoms. The maximum atomic E-state index is 4.71. The first-order valence-electron chi connectivity index (χ1n) is 8.77. The molecule has 1 aromatic heterocycles. The minimum absolute atomic E-state index is 0.646. The normalized spacial score (nSPS) is 22.0. The lowest BCUT2D eigenvalue weighted by Gasteiger charge is -2.31. The number of imidazole rings is 1. The van der Waals surface area contributed by atoms with Crippen molar-refractivity contribution in [1.82, 2.24) is 14.5 Å². The van der Waals surface area contributed by atoms with Crippen molar-refractivity contribution in [3.8, 4) is 0 Å². The van der Waals surface area contributed by atoms with Crippen LogP contribution in [0.15, 0.2) is 6.20 Å². The van der Waals surface area contributed by atoms with E-state index in [0.29, 0.717) is 6.04 Å². The summed E-state index contributed by atoms with van der Waals surface area (Å²) in [5.74, 6) is 1.92. The van der Waals surface area contributed by atoms with Crippen LogP contribution in [-0.4, -0.2) is 40.1 Å². The number of hydrogen-bond acceptors (Lipinski definition) is 3. The molecule has 0 unspecified atom stereocenters. The van der Waals surface area contributed by atoms with Gasteiger partial charge in [0.2, 0.25) is 5.95 Å². The molecule has 0 spiro atoms. The predicted molar refractivity (Wildman–Crippen MR) is 87.7 cm³/mol. The average molecular weight is 290 g/mol. The van der Waals surface area contributed by atoms with E-state index in [-0.39, 0.29) is 0 Å². The van der Waals surface area contributed by atoms with E-state index in [1.165, 1.54) is 58.2 Å². The summed E-state index contributed by atoms with van der Waals surface area (Å²) in [5, 5.41) is 3.68. The Hall–Kier alpha value is -1.03. The Morgan fingerprint density at radius 2 is 1.90 bits per heavy atom. The van der Waals surface area contributed by atoms with Gasteiger partial charge in [-0.1, -0.05) is 19.8 Å². The minimum Gasteiger partial charge on any atom is -0.353 e. The topological polar surface area (TPSA) is 33.1 Å².